The van der Waals surface area contributed by atoms with Crippen molar-refractivity contribution in [2.45, 2.75) is 32.3 Å². The summed E-state index contributed by atoms with van der Waals surface area (Å²) < 4.78 is 5.66. The van der Waals surface area contributed by atoms with Gasteiger partial charge in [-0.15, -0.1) is 6.58 Å². The van der Waals surface area contributed by atoms with Crippen molar-refractivity contribution in [2.75, 3.05) is 13.2 Å². The van der Waals surface area contributed by atoms with E-state index >= 15 is 0 Å². The molecule has 1 aromatic rings. The molecule has 0 saturated carbocycles. The van der Waals surface area contributed by atoms with Crippen LogP contribution in [0.2, 0.25) is 0 Å². The Kier molecular flexibility index (Phi) is 8.19. The van der Waals surface area contributed by atoms with Crippen molar-refractivity contribution in [3.63, 3.8) is 0 Å². The summed E-state index contributed by atoms with van der Waals surface area (Å²) >= 11 is 0. The lowest BCUT2D eigenvalue weighted by Gasteiger charge is -2.12. The van der Waals surface area contributed by atoms with Gasteiger partial charge in [-0.3, -0.25) is 0 Å². The first-order chi connectivity index (χ1) is 8.86. The maximum atomic E-state index is 8.74. The van der Waals surface area contributed by atoms with Gasteiger partial charge < -0.3 is 9.84 Å². The number of rotatable bonds is 10. The maximum Gasteiger partial charge on any atom is 0.0716 e. The molecule has 0 aliphatic rings. The number of allylic oxidation sites excluding steroid dienone is 1. The van der Waals surface area contributed by atoms with Gasteiger partial charge in [0.15, 0.2) is 0 Å². The highest BCUT2D eigenvalue weighted by atomic mass is 16.5. The van der Waals surface area contributed by atoms with Crippen LogP contribution in [0.4, 0.5) is 0 Å². The first kappa shape index (κ1) is 14.9. The van der Waals surface area contributed by atoms with Crippen LogP contribution in [-0.2, 0) is 11.3 Å². The minimum atomic E-state index is 0.286. The Balaban J connectivity index is 2.10. The average molecular weight is 248 g/mol. The van der Waals surface area contributed by atoms with Crippen molar-refractivity contribution in [1.82, 2.24) is 0 Å². The van der Waals surface area contributed by atoms with E-state index in [1.54, 1.807) is 0 Å². The lowest BCUT2D eigenvalue weighted by molar-refractivity contribution is 0.110. The number of benzene rings is 1. The molecule has 2 nitrogen and oxygen atoms in total. The van der Waals surface area contributed by atoms with Crippen molar-refractivity contribution in [2.24, 2.45) is 5.92 Å². The Bertz CT molecular complexity index is 308. The van der Waals surface area contributed by atoms with Crippen LogP contribution in [0.15, 0.2) is 43.0 Å². The molecule has 1 rings (SSSR count). The fourth-order valence-electron chi connectivity index (χ4n) is 1.90. The van der Waals surface area contributed by atoms with Crippen molar-refractivity contribution in [1.29, 1.82) is 0 Å². The number of aliphatic hydroxyl groups is 1. The summed E-state index contributed by atoms with van der Waals surface area (Å²) in [6.07, 6.45) is 6.06. The molecule has 0 aliphatic carbocycles. The van der Waals surface area contributed by atoms with Gasteiger partial charge in [0.25, 0.3) is 0 Å². The molecule has 0 heterocycles. The molecular formula is C16H24O2. The number of ether oxygens (including phenoxy) is 1. The molecule has 2 heteroatoms. The first-order valence-electron chi connectivity index (χ1n) is 6.72. The molecule has 0 bridgehead atoms. The van der Waals surface area contributed by atoms with E-state index in [1.807, 2.05) is 24.3 Å². The predicted molar refractivity (Wildman–Crippen MR) is 75.3 cm³/mol. The van der Waals surface area contributed by atoms with Gasteiger partial charge in [-0.05, 0) is 30.7 Å². The summed E-state index contributed by atoms with van der Waals surface area (Å²) in [7, 11) is 0. The van der Waals surface area contributed by atoms with Crippen LogP contribution in [0.3, 0.4) is 0 Å². The molecule has 100 valence electrons. The van der Waals surface area contributed by atoms with Gasteiger partial charge in [0.05, 0.1) is 6.61 Å². The Hall–Kier alpha value is -1.12. The SMILES string of the molecule is C=CC(CCCCO)CCOCc1ccccc1. The van der Waals surface area contributed by atoms with Gasteiger partial charge in [-0.25, -0.2) is 0 Å². The number of aliphatic hydroxyl groups excluding tert-OH is 1. The van der Waals surface area contributed by atoms with E-state index in [9.17, 15) is 0 Å². The van der Waals surface area contributed by atoms with Crippen molar-refractivity contribution in [3.8, 4) is 0 Å². The van der Waals surface area contributed by atoms with Crippen LogP contribution in [0.1, 0.15) is 31.2 Å². The molecule has 0 aromatic heterocycles. The van der Waals surface area contributed by atoms with E-state index in [1.165, 1.54) is 5.56 Å². The van der Waals surface area contributed by atoms with Crippen LogP contribution in [-0.4, -0.2) is 18.3 Å². The topological polar surface area (TPSA) is 29.5 Å². The van der Waals surface area contributed by atoms with Gasteiger partial charge in [0, 0.05) is 13.2 Å². The predicted octanol–water partition coefficient (Wildman–Crippen LogP) is 3.56. The van der Waals surface area contributed by atoms with Crippen LogP contribution in [0.5, 0.6) is 0 Å². The fraction of sp³-hybridized carbons (Fsp3) is 0.500. The van der Waals surface area contributed by atoms with Crippen molar-refractivity contribution in [3.05, 3.63) is 48.6 Å². The second-order valence-corrected chi connectivity index (χ2v) is 4.54. The lowest BCUT2D eigenvalue weighted by atomic mass is 9.99. The molecule has 1 aromatic carbocycles. The third-order valence-electron chi connectivity index (χ3n) is 3.06. The third kappa shape index (κ3) is 6.58. The smallest absolute Gasteiger partial charge is 0.0716 e. The number of hydrogen-bond acceptors (Lipinski definition) is 2. The zero-order valence-electron chi connectivity index (χ0n) is 11.1. The second-order valence-electron chi connectivity index (χ2n) is 4.54. The first-order valence-corrected chi connectivity index (χ1v) is 6.72. The Morgan fingerprint density at radius 2 is 1.94 bits per heavy atom. The van der Waals surface area contributed by atoms with E-state index < -0.39 is 0 Å². The third-order valence-corrected chi connectivity index (χ3v) is 3.06. The van der Waals surface area contributed by atoms with E-state index in [0.717, 1.165) is 32.3 Å². The Labute approximate surface area is 110 Å². The summed E-state index contributed by atoms with van der Waals surface area (Å²) in [6.45, 7) is 5.60. The lowest BCUT2D eigenvalue weighted by Crippen LogP contribution is -2.03. The molecule has 18 heavy (non-hydrogen) atoms. The number of hydrogen-bond donors (Lipinski definition) is 1. The highest BCUT2D eigenvalue weighted by Crippen LogP contribution is 2.14. The van der Waals surface area contributed by atoms with Gasteiger partial charge in [0.1, 0.15) is 0 Å². The summed E-state index contributed by atoms with van der Waals surface area (Å²) in [4.78, 5) is 0. The minimum absolute atomic E-state index is 0.286. The van der Waals surface area contributed by atoms with E-state index in [0.29, 0.717) is 12.5 Å². The summed E-state index contributed by atoms with van der Waals surface area (Å²) in [5.74, 6) is 0.507. The van der Waals surface area contributed by atoms with Crippen LogP contribution < -0.4 is 0 Å². The average Bonchev–Trinajstić information content (AvgIpc) is 2.43. The van der Waals surface area contributed by atoms with Gasteiger partial charge >= 0.3 is 0 Å². The van der Waals surface area contributed by atoms with Crippen LogP contribution in [0.25, 0.3) is 0 Å². The Morgan fingerprint density at radius 1 is 1.17 bits per heavy atom. The zero-order valence-corrected chi connectivity index (χ0v) is 11.1. The van der Waals surface area contributed by atoms with Gasteiger partial charge in [-0.2, -0.15) is 0 Å². The highest BCUT2D eigenvalue weighted by molar-refractivity contribution is 5.13. The highest BCUT2D eigenvalue weighted by Gasteiger charge is 2.04. The standard InChI is InChI=1S/C16H24O2/c1-2-15(8-6-7-12-17)11-13-18-14-16-9-4-3-5-10-16/h2-5,9-10,15,17H,1,6-8,11-14H2. The molecule has 0 amide bonds. The van der Waals surface area contributed by atoms with Crippen molar-refractivity contribution >= 4 is 0 Å². The molecule has 0 radical (unpaired) electrons. The molecule has 0 fully saturated rings. The summed E-state index contributed by atoms with van der Waals surface area (Å²) in [5, 5.41) is 8.74. The number of unbranched alkanes of at least 4 members (excludes halogenated alkanes) is 1. The monoisotopic (exact) mass is 248 g/mol. The van der Waals surface area contributed by atoms with Crippen LogP contribution >= 0.6 is 0 Å². The van der Waals surface area contributed by atoms with E-state index in [-0.39, 0.29) is 6.61 Å². The van der Waals surface area contributed by atoms with Gasteiger partial charge in [-0.1, -0.05) is 42.8 Å². The molecular weight excluding hydrogens is 224 g/mol. The second kappa shape index (κ2) is 9.86. The van der Waals surface area contributed by atoms with Crippen LogP contribution in [0, 0.1) is 5.92 Å². The van der Waals surface area contributed by atoms with E-state index in [4.69, 9.17) is 9.84 Å². The molecule has 0 saturated heterocycles. The van der Waals surface area contributed by atoms with Crippen molar-refractivity contribution < 1.29 is 9.84 Å². The normalized spacial score (nSPS) is 12.3. The summed E-state index contributed by atoms with van der Waals surface area (Å²) in [5.41, 5.74) is 1.22. The Morgan fingerprint density at radius 3 is 2.61 bits per heavy atom. The quantitative estimate of drug-likeness (QED) is 0.507. The largest absolute Gasteiger partial charge is 0.396 e. The molecule has 1 unspecified atom stereocenters. The van der Waals surface area contributed by atoms with E-state index in [2.05, 4.69) is 18.7 Å². The zero-order chi connectivity index (χ0) is 13.1. The summed E-state index contributed by atoms with van der Waals surface area (Å²) in [6, 6.07) is 10.2. The van der Waals surface area contributed by atoms with Gasteiger partial charge in [0.2, 0.25) is 0 Å². The molecule has 0 spiro atoms. The minimum Gasteiger partial charge on any atom is -0.396 e. The maximum absolute atomic E-state index is 8.74. The molecule has 1 atom stereocenters. The molecule has 1 N–H and O–H groups in total. The fourth-order valence-corrected chi connectivity index (χ4v) is 1.90. The molecule has 0 aliphatic heterocycles.